The molecule has 2 aliphatic rings. The molecule has 2 aromatic rings. The SMILES string of the molecule is Cc1ccccc1-n1c(C)cc(C(=O)N2CCN(C(=O)C3CC3)CC2)c1C. The quantitative estimate of drug-likeness (QED) is 0.839. The smallest absolute Gasteiger partial charge is 0.255 e. The third-order valence-electron chi connectivity index (χ3n) is 5.82. The lowest BCUT2D eigenvalue weighted by molar-refractivity contribution is -0.134. The minimum atomic E-state index is 0.0708. The summed E-state index contributed by atoms with van der Waals surface area (Å²) in [6.07, 6.45) is 2.06. The van der Waals surface area contributed by atoms with Crippen LogP contribution in [0.1, 0.15) is 40.2 Å². The molecule has 5 nitrogen and oxygen atoms in total. The van der Waals surface area contributed by atoms with Crippen molar-refractivity contribution in [2.75, 3.05) is 26.2 Å². The van der Waals surface area contributed by atoms with Gasteiger partial charge >= 0.3 is 0 Å². The molecule has 0 atom stereocenters. The second-order valence-electron chi connectivity index (χ2n) is 7.80. The highest BCUT2D eigenvalue weighted by Gasteiger charge is 2.35. The number of para-hydroxylation sites is 1. The first-order valence-corrected chi connectivity index (χ1v) is 9.80. The molecule has 0 bridgehead atoms. The number of rotatable bonds is 3. The van der Waals surface area contributed by atoms with Gasteiger partial charge in [0.1, 0.15) is 0 Å². The molecule has 1 aliphatic heterocycles. The minimum absolute atomic E-state index is 0.0708. The molecule has 4 rings (SSSR count). The van der Waals surface area contributed by atoms with Gasteiger partial charge in [0, 0.05) is 49.2 Å². The molecular formula is C22H27N3O2. The van der Waals surface area contributed by atoms with E-state index in [9.17, 15) is 9.59 Å². The van der Waals surface area contributed by atoms with E-state index in [-0.39, 0.29) is 17.7 Å². The van der Waals surface area contributed by atoms with Gasteiger partial charge in [0.25, 0.3) is 5.91 Å². The molecule has 142 valence electrons. The molecule has 5 heteroatoms. The van der Waals surface area contributed by atoms with Gasteiger partial charge in [-0.1, -0.05) is 18.2 Å². The third-order valence-corrected chi connectivity index (χ3v) is 5.82. The van der Waals surface area contributed by atoms with Crippen molar-refractivity contribution in [1.82, 2.24) is 14.4 Å². The molecule has 27 heavy (non-hydrogen) atoms. The minimum Gasteiger partial charge on any atom is -0.339 e. The van der Waals surface area contributed by atoms with Crippen molar-refractivity contribution in [3.63, 3.8) is 0 Å². The zero-order chi connectivity index (χ0) is 19.1. The van der Waals surface area contributed by atoms with E-state index in [1.165, 1.54) is 5.56 Å². The fraction of sp³-hybridized carbons (Fsp3) is 0.455. The number of amides is 2. The van der Waals surface area contributed by atoms with Crippen molar-refractivity contribution in [3.05, 3.63) is 52.8 Å². The van der Waals surface area contributed by atoms with Crippen LogP contribution in [0.4, 0.5) is 0 Å². The Morgan fingerprint density at radius 3 is 2.19 bits per heavy atom. The van der Waals surface area contributed by atoms with Crippen molar-refractivity contribution < 1.29 is 9.59 Å². The van der Waals surface area contributed by atoms with Crippen LogP contribution < -0.4 is 0 Å². The first kappa shape index (κ1) is 17.8. The molecule has 0 N–H and O–H groups in total. The summed E-state index contributed by atoms with van der Waals surface area (Å²) >= 11 is 0. The molecular weight excluding hydrogens is 338 g/mol. The average Bonchev–Trinajstić information content (AvgIpc) is 3.48. The Morgan fingerprint density at radius 2 is 1.56 bits per heavy atom. The number of aryl methyl sites for hydroxylation is 2. The molecule has 0 unspecified atom stereocenters. The predicted octanol–water partition coefficient (Wildman–Crippen LogP) is 3.10. The zero-order valence-corrected chi connectivity index (χ0v) is 16.4. The number of benzene rings is 1. The van der Waals surface area contributed by atoms with Crippen molar-refractivity contribution in [3.8, 4) is 5.69 Å². The van der Waals surface area contributed by atoms with Crippen LogP contribution in [0.15, 0.2) is 30.3 Å². The Morgan fingerprint density at radius 1 is 0.926 bits per heavy atom. The standard InChI is InChI=1S/C22H27N3O2/c1-15-6-4-5-7-20(15)25-16(2)14-19(17(25)3)22(27)24-12-10-23(11-13-24)21(26)18-8-9-18/h4-7,14,18H,8-13H2,1-3H3. The van der Waals surface area contributed by atoms with Crippen molar-refractivity contribution in [2.24, 2.45) is 5.92 Å². The summed E-state index contributed by atoms with van der Waals surface area (Å²) in [4.78, 5) is 29.2. The fourth-order valence-corrected chi connectivity index (χ4v) is 4.05. The summed E-state index contributed by atoms with van der Waals surface area (Å²) in [5.41, 5.74) is 5.10. The fourth-order valence-electron chi connectivity index (χ4n) is 4.05. The Labute approximate surface area is 160 Å². The van der Waals surface area contributed by atoms with E-state index in [1.807, 2.05) is 41.8 Å². The maximum Gasteiger partial charge on any atom is 0.255 e. The van der Waals surface area contributed by atoms with Crippen LogP contribution in [0.25, 0.3) is 5.69 Å². The van der Waals surface area contributed by atoms with Gasteiger partial charge in [-0.15, -0.1) is 0 Å². The molecule has 0 spiro atoms. The van der Waals surface area contributed by atoms with Crippen molar-refractivity contribution in [1.29, 1.82) is 0 Å². The lowest BCUT2D eigenvalue weighted by Crippen LogP contribution is -2.51. The highest BCUT2D eigenvalue weighted by atomic mass is 16.2. The molecule has 2 amide bonds. The topological polar surface area (TPSA) is 45.6 Å². The molecule has 1 saturated heterocycles. The number of carbonyl (C=O) groups is 2. The van der Waals surface area contributed by atoms with E-state index in [4.69, 9.17) is 0 Å². The van der Waals surface area contributed by atoms with Gasteiger partial charge in [-0.3, -0.25) is 9.59 Å². The van der Waals surface area contributed by atoms with Crippen LogP contribution in [0.2, 0.25) is 0 Å². The van der Waals surface area contributed by atoms with E-state index in [1.54, 1.807) is 0 Å². The lowest BCUT2D eigenvalue weighted by Gasteiger charge is -2.35. The Hall–Kier alpha value is -2.56. The lowest BCUT2D eigenvalue weighted by atomic mass is 10.1. The van der Waals surface area contributed by atoms with Crippen LogP contribution in [0.3, 0.4) is 0 Å². The number of carbonyl (C=O) groups excluding carboxylic acids is 2. The molecule has 2 heterocycles. The molecule has 1 aromatic carbocycles. The van der Waals surface area contributed by atoms with Crippen LogP contribution in [-0.2, 0) is 4.79 Å². The summed E-state index contributed by atoms with van der Waals surface area (Å²) in [7, 11) is 0. The maximum atomic E-state index is 13.1. The highest BCUT2D eigenvalue weighted by Crippen LogP contribution is 2.31. The summed E-state index contributed by atoms with van der Waals surface area (Å²) in [6, 6.07) is 10.2. The monoisotopic (exact) mass is 365 g/mol. The Kier molecular flexibility index (Phi) is 4.54. The van der Waals surface area contributed by atoms with E-state index in [2.05, 4.69) is 23.6 Å². The zero-order valence-electron chi connectivity index (χ0n) is 16.4. The molecule has 0 radical (unpaired) electrons. The summed E-state index contributed by atoms with van der Waals surface area (Å²) < 4.78 is 2.16. The van der Waals surface area contributed by atoms with Gasteiger partial charge in [0.15, 0.2) is 0 Å². The van der Waals surface area contributed by atoms with Crippen LogP contribution >= 0.6 is 0 Å². The Bertz CT molecular complexity index is 887. The number of piperazine rings is 1. The maximum absolute atomic E-state index is 13.1. The molecule has 1 aromatic heterocycles. The second kappa shape index (κ2) is 6.87. The van der Waals surface area contributed by atoms with Gasteiger partial charge in [0.2, 0.25) is 5.91 Å². The third kappa shape index (κ3) is 3.27. The average molecular weight is 365 g/mol. The second-order valence-corrected chi connectivity index (χ2v) is 7.80. The van der Waals surface area contributed by atoms with Crippen molar-refractivity contribution in [2.45, 2.75) is 33.6 Å². The van der Waals surface area contributed by atoms with Gasteiger partial charge in [-0.05, 0) is 51.3 Å². The molecule has 1 aliphatic carbocycles. The van der Waals surface area contributed by atoms with Crippen LogP contribution in [0.5, 0.6) is 0 Å². The predicted molar refractivity (Wildman–Crippen MR) is 105 cm³/mol. The summed E-state index contributed by atoms with van der Waals surface area (Å²) in [5.74, 6) is 0.599. The van der Waals surface area contributed by atoms with Crippen LogP contribution in [0, 0.1) is 26.7 Å². The van der Waals surface area contributed by atoms with Crippen LogP contribution in [-0.4, -0.2) is 52.4 Å². The van der Waals surface area contributed by atoms with E-state index in [0.717, 1.165) is 35.5 Å². The number of hydrogen-bond acceptors (Lipinski definition) is 2. The molecule has 2 fully saturated rings. The number of hydrogen-bond donors (Lipinski definition) is 0. The molecule has 1 saturated carbocycles. The van der Waals surface area contributed by atoms with Gasteiger partial charge in [-0.2, -0.15) is 0 Å². The van der Waals surface area contributed by atoms with Crippen molar-refractivity contribution >= 4 is 11.8 Å². The normalized spacial score (nSPS) is 17.3. The number of nitrogens with zero attached hydrogens (tertiary/aromatic N) is 3. The number of aromatic nitrogens is 1. The first-order valence-electron chi connectivity index (χ1n) is 9.80. The summed E-state index contributed by atoms with van der Waals surface area (Å²) in [6.45, 7) is 8.68. The van der Waals surface area contributed by atoms with E-state index in [0.29, 0.717) is 26.2 Å². The van der Waals surface area contributed by atoms with E-state index < -0.39 is 0 Å². The largest absolute Gasteiger partial charge is 0.339 e. The summed E-state index contributed by atoms with van der Waals surface area (Å²) in [5, 5.41) is 0. The first-order chi connectivity index (χ1) is 13.0. The Balaban J connectivity index is 1.52. The van der Waals surface area contributed by atoms with Gasteiger partial charge in [-0.25, -0.2) is 0 Å². The van der Waals surface area contributed by atoms with Gasteiger partial charge in [0.05, 0.1) is 5.56 Å². The van der Waals surface area contributed by atoms with E-state index >= 15 is 0 Å². The van der Waals surface area contributed by atoms with Gasteiger partial charge < -0.3 is 14.4 Å². The highest BCUT2D eigenvalue weighted by molar-refractivity contribution is 5.96.